The van der Waals surface area contributed by atoms with Gasteiger partial charge in [-0.25, -0.2) is 8.42 Å². The number of aromatic nitrogens is 2. The molecule has 23 heavy (non-hydrogen) atoms. The largest absolute Gasteiger partial charge is 0.466 e. The summed E-state index contributed by atoms with van der Waals surface area (Å²) < 4.78 is 37.9. The second-order valence-corrected chi connectivity index (χ2v) is 6.95. The van der Waals surface area contributed by atoms with Crippen molar-refractivity contribution in [2.75, 3.05) is 0 Å². The van der Waals surface area contributed by atoms with Crippen molar-refractivity contribution in [2.45, 2.75) is 18.7 Å². The Balaban J connectivity index is 1.83. The number of furan rings is 1. The molecular formula is C13H12N4O4S2. The van der Waals surface area contributed by atoms with E-state index in [1.54, 1.807) is 26.0 Å². The van der Waals surface area contributed by atoms with Gasteiger partial charge in [-0.2, -0.15) is 8.75 Å². The summed E-state index contributed by atoms with van der Waals surface area (Å²) in [4.78, 5) is 14.1. The predicted octanol–water partition coefficient (Wildman–Crippen LogP) is 1.52. The highest BCUT2D eigenvalue weighted by atomic mass is 32.2. The van der Waals surface area contributed by atoms with Crippen LogP contribution in [0.1, 0.15) is 21.9 Å². The Morgan fingerprint density at radius 3 is 2.74 bits per heavy atom. The van der Waals surface area contributed by atoms with Crippen LogP contribution in [0, 0.1) is 13.8 Å². The molecule has 0 spiro atoms. The number of hydrazine groups is 1. The number of hydrogen-bond acceptors (Lipinski definition) is 7. The van der Waals surface area contributed by atoms with E-state index in [0.29, 0.717) is 17.0 Å². The van der Waals surface area contributed by atoms with E-state index in [0.717, 1.165) is 11.7 Å². The van der Waals surface area contributed by atoms with Crippen molar-refractivity contribution in [2.24, 2.45) is 0 Å². The minimum Gasteiger partial charge on any atom is -0.466 e. The number of nitrogens with one attached hydrogen (secondary N) is 2. The maximum absolute atomic E-state index is 12.4. The monoisotopic (exact) mass is 352 g/mol. The standard InChI is InChI=1S/C13H12N4O4S2/c1-7-6-9(8(2)21-7)13(18)14-17-23(19,20)11-5-3-4-10-12(11)16-22-15-10/h3-6,17H,1-2H3,(H,14,18). The van der Waals surface area contributed by atoms with Crippen LogP contribution in [0.4, 0.5) is 0 Å². The lowest BCUT2D eigenvalue weighted by Gasteiger charge is -2.08. The molecule has 3 aromatic rings. The van der Waals surface area contributed by atoms with Crippen LogP contribution in [0.25, 0.3) is 11.0 Å². The third kappa shape index (κ3) is 2.96. The zero-order chi connectivity index (χ0) is 16.6. The summed E-state index contributed by atoms with van der Waals surface area (Å²) in [6, 6.07) is 6.15. The molecule has 0 aliphatic rings. The van der Waals surface area contributed by atoms with Crippen LogP contribution in [0.2, 0.25) is 0 Å². The van der Waals surface area contributed by atoms with Gasteiger partial charge in [0.1, 0.15) is 27.4 Å². The highest BCUT2D eigenvalue weighted by molar-refractivity contribution is 7.89. The molecule has 0 saturated carbocycles. The highest BCUT2D eigenvalue weighted by Gasteiger charge is 2.21. The van der Waals surface area contributed by atoms with E-state index in [4.69, 9.17) is 4.42 Å². The molecule has 0 atom stereocenters. The SMILES string of the molecule is Cc1cc(C(=O)NNS(=O)(=O)c2cccc3nsnc23)c(C)o1. The molecule has 8 nitrogen and oxygen atoms in total. The molecule has 0 aliphatic heterocycles. The van der Waals surface area contributed by atoms with Gasteiger partial charge in [-0.15, -0.1) is 4.83 Å². The second kappa shape index (κ2) is 5.72. The minimum absolute atomic E-state index is 0.0517. The summed E-state index contributed by atoms with van der Waals surface area (Å²) in [6.07, 6.45) is 0. The smallest absolute Gasteiger partial charge is 0.269 e. The average molecular weight is 352 g/mol. The summed E-state index contributed by atoms with van der Waals surface area (Å²) >= 11 is 0.917. The molecule has 1 amide bonds. The molecule has 0 fully saturated rings. The number of sulfonamides is 1. The number of carbonyl (C=O) groups excluding carboxylic acids is 1. The summed E-state index contributed by atoms with van der Waals surface area (Å²) in [7, 11) is -3.97. The fourth-order valence-corrected chi connectivity index (χ4v) is 3.70. The zero-order valence-corrected chi connectivity index (χ0v) is 13.8. The van der Waals surface area contributed by atoms with Crippen LogP contribution in [0.5, 0.6) is 0 Å². The fourth-order valence-electron chi connectivity index (χ4n) is 2.09. The third-order valence-electron chi connectivity index (χ3n) is 3.12. The maximum Gasteiger partial charge on any atom is 0.269 e. The molecule has 2 heterocycles. The van der Waals surface area contributed by atoms with Crippen LogP contribution in [0.3, 0.4) is 0 Å². The van der Waals surface area contributed by atoms with E-state index < -0.39 is 15.9 Å². The topological polar surface area (TPSA) is 114 Å². The molecule has 2 N–H and O–H groups in total. The van der Waals surface area contributed by atoms with Crippen molar-refractivity contribution in [3.8, 4) is 0 Å². The second-order valence-electron chi connectivity index (χ2n) is 4.77. The molecule has 1 aromatic carbocycles. The Morgan fingerprint density at radius 1 is 1.26 bits per heavy atom. The van der Waals surface area contributed by atoms with Gasteiger partial charge in [-0.1, -0.05) is 6.07 Å². The number of hydrogen-bond donors (Lipinski definition) is 2. The number of rotatable bonds is 4. The van der Waals surface area contributed by atoms with E-state index in [1.807, 2.05) is 0 Å². The van der Waals surface area contributed by atoms with Crippen LogP contribution >= 0.6 is 11.7 Å². The Labute approximate surface area is 135 Å². The van der Waals surface area contributed by atoms with E-state index in [1.165, 1.54) is 12.1 Å². The Morgan fingerprint density at radius 2 is 2.04 bits per heavy atom. The molecule has 10 heteroatoms. The first-order valence-corrected chi connectivity index (χ1v) is 8.70. The molecule has 2 aromatic heterocycles. The number of benzene rings is 1. The lowest BCUT2D eigenvalue weighted by Crippen LogP contribution is -2.41. The van der Waals surface area contributed by atoms with Crippen molar-refractivity contribution in [3.05, 3.63) is 41.3 Å². The number of amides is 1. The maximum atomic E-state index is 12.4. The van der Waals surface area contributed by atoms with E-state index in [9.17, 15) is 13.2 Å². The van der Waals surface area contributed by atoms with E-state index in [-0.39, 0.29) is 16.0 Å². The van der Waals surface area contributed by atoms with Gasteiger partial charge in [0.2, 0.25) is 0 Å². The van der Waals surface area contributed by atoms with Crippen LogP contribution in [-0.4, -0.2) is 23.1 Å². The van der Waals surface area contributed by atoms with Gasteiger partial charge in [0.05, 0.1) is 17.3 Å². The van der Waals surface area contributed by atoms with Crippen molar-refractivity contribution in [1.82, 2.24) is 19.0 Å². The summed E-state index contributed by atoms with van der Waals surface area (Å²) in [5.41, 5.74) is 3.17. The number of nitrogens with zero attached hydrogens (tertiary/aromatic N) is 2. The minimum atomic E-state index is -3.97. The van der Waals surface area contributed by atoms with Gasteiger partial charge in [0.25, 0.3) is 15.9 Å². The van der Waals surface area contributed by atoms with Gasteiger partial charge in [0.15, 0.2) is 0 Å². The van der Waals surface area contributed by atoms with Crippen LogP contribution in [0.15, 0.2) is 33.6 Å². The van der Waals surface area contributed by atoms with Gasteiger partial charge in [-0.3, -0.25) is 10.2 Å². The molecule has 0 bridgehead atoms. The summed E-state index contributed by atoms with van der Waals surface area (Å²) in [6.45, 7) is 3.32. The Kier molecular flexibility index (Phi) is 3.88. The first-order valence-electron chi connectivity index (χ1n) is 6.49. The molecule has 0 aliphatic carbocycles. The first-order chi connectivity index (χ1) is 10.9. The zero-order valence-electron chi connectivity index (χ0n) is 12.2. The quantitative estimate of drug-likeness (QED) is 0.688. The predicted molar refractivity (Wildman–Crippen MR) is 83.4 cm³/mol. The van der Waals surface area contributed by atoms with E-state index >= 15 is 0 Å². The Bertz CT molecular complexity index is 990. The van der Waals surface area contributed by atoms with Gasteiger partial charge in [-0.05, 0) is 32.0 Å². The highest BCUT2D eigenvalue weighted by Crippen LogP contribution is 2.20. The van der Waals surface area contributed by atoms with Gasteiger partial charge < -0.3 is 4.42 Å². The number of carbonyl (C=O) groups is 1. The lowest BCUT2D eigenvalue weighted by molar-refractivity contribution is 0.0943. The third-order valence-corrected chi connectivity index (χ3v) is 4.94. The molecule has 0 saturated heterocycles. The number of aryl methyl sites for hydroxylation is 2. The van der Waals surface area contributed by atoms with Gasteiger partial charge in [0, 0.05) is 0 Å². The molecule has 0 radical (unpaired) electrons. The van der Waals surface area contributed by atoms with Crippen molar-refractivity contribution >= 4 is 38.7 Å². The first kappa shape index (κ1) is 15.6. The molecule has 3 rings (SSSR count). The number of fused-ring (bicyclic) bond motifs is 1. The lowest BCUT2D eigenvalue weighted by atomic mass is 10.2. The molecular weight excluding hydrogens is 340 g/mol. The van der Waals surface area contributed by atoms with E-state index in [2.05, 4.69) is 19.0 Å². The van der Waals surface area contributed by atoms with Crippen LogP contribution < -0.4 is 10.3 Å². The Hall–Kier alpha value is -2.30. The summed E-state index contributed by atoms with van der Waals surface area (Å²) in [5, 5.41) is 0. The molecule has 120 valence electrons. The van der Waals surface area contributed by atoms with Crippen LogP contribution in [-0.2, 0) is 10.0 Å². The summed E-state index contributed by atoms with van der Waals surface area (Å²) in [5.74, 6) is 0.366. The molecule has 0 unspecified atom stereocenters. The average Bonchev–Trinajstić information content (AvgIpc) is 3.10. The van der Waals surface area contributed by atoms with Gasteiger partial charge >= 0.3 is 0 Å². The fraction of sp³-hybridized carbons (Fsp3) is 0.154. The van der Waals surface area contributed by atoms with Crippen molar-refractivity contribution < 1.29 is 17.6 Å². The van der Waals surface area contributed by atoms with Crippen molar-refractivity contribution in [3.63, 3.8) is 0 Å². The normalized spacial score (nSPS) is 11.7. The van der Waals surface area contributed by atoms with Crippen molar-refractivity contribution in [1.29, 1.82) is 0 Å².